The average Bonchev–Trinajstić information content (AvgIpc) is 2.94. The summed E-state index contributed by atoms with van der Waals surface area (Å²) in [6.45, 7) is 4.56. The van der Waals surface area contributed by atoms with Gasteiger partial charge in [-0.3, -0.25) is 28.8 Å². The van der Waals surface area contributed by atoms with Crippen LogP contribution in [0, 0.1) is 11.8 Å². The summed E-state index contributed by atoms with van der Waals surface area (Å²) in [5, 5.41) is 8.25. The van der Waals surface area contributed by atoms with Gasteiger partial charge in [-0.1, -0.05) is 12.8 Å². The normalized spacial score (nSPS) is 13.8. The first kappa shape index (κ1) is 40.1. The molecule has 0 saturated carbocycles. The second-order valence-corrected chi connectivity index (χ2v) is 11.3. The second-order valence-electron chi connectivity index (χ2n) is 11.3. The van der Waals surface area contributed by atoms with E-state index in [1.165, 1.54) is 13.8 Å². The van der Waals surface area contributed by atoms with E-state index in [1.54, 1.807) is 0 Å². The van der Waals surface area contributed by atoms with E-state index in [9.17, 15) is 28.8 Å². The van der Waals surface area contributed by atoms with Crippen LogP contribution in [-0.2, 0) is 28.8 Å². The molecule has 4 amide bonds. The molecule has 0 spiro atoms. The van der Waals surface area contributed by atoms with Gasteiger partial charge in [-0.25, -0.2) is 0 Å². The molecule has 13 nitrogen and oxygen atoms in total. The Labute approximate surface area is 256 Å². The fraction of sp³-hybridized carbons (Fsp3) is 0.800. The predicted molar refractivity (Wildman–Crippen MR) is 166 cm³/mol. The number of Topliss-reactive ketones (excluding diaryl/α,β-unsaturated/α-hetero) is 2. The van der Waals surface area contributed by atoms with Crippen molar-refractivity contribution in [1.82, 2.24) is 16.0 Å². The lowest BCUT2D eigenvalue weighted by Gasteiger charge is -2.25. The molecule has 0 saturated heterocycles. The monoisotopic (exact) mass is 611 g/mol. The molecule has 0 aliphatic heterocycles. The van der Waals surface area contributed by atoms with Crippen LogP contribution < -0.4 is 38.9 Å². The molecule has 0 aromatic carbocycles. The lowest BCUT2D eigenvalue weighted by Crippen LogP contribution is -2.46. The quantitative estimate of drug-likeness (QED) is 0.0631. The molecule has 0 heterocycles. The zero-order valence-corrected chi connectivity index (χ0v) is 26.3. The second kappa shape index (κ2) is 24.5. The van der Waals surface area contributed by atoms with Gasteiger partial charge in [0.05, 0.1) is 12.1 Å². The third-order valence-corrected chi connectivity index (χ3v) is 7.39. The van der Waals surface area contributed by atoms with E-state index >= 15 is 0 Å². The van der Waals surface area contributed by atoms with Crippen LogP contribution in [0.5, 0.6) is 0 Å². The molecule has 0 bridgehead atoms. The number of unbranched alkanes of at least 4 members (excludes halogenated alkanes) is 4. The van der Waals surface area contributed by atoms with E-state index in [2.05, 4.69) is 16.0 Å². The van der Waals surface area contributed by atoms with Gasteiger partial charge in [0.25, 0.3) is 0 Å². The number of hydrogen-bond donors (Lipinski definition) is 7. The fourth-order valence-electron chi connectivity index (χ4n) is 4.90. The van der Waals surface area contributed by atoms with Gasteiger partial charge in [0.2, 0.25) is 23.6 Å². The molecule has 43 heavy (non-hydrogen) atoms. The Balaban J connectivity index is 5.68. The molecular formula is C30H57N7O6. The van der Waals surface area contributed by atoms with Gasteiger partial charge < -0.3 is 38.9 Å². The maximum atomic E-state index is 13.6. The highest BCUT2D eigenvalue weighted by atomic mass is 16.2. The SMILES string of the molecule is CC(=O)NCCCC[C@H](NC(C)=O)C(=O)CC(CCCCN)C(=O)N[C@@H](CCCCN)C(=O)CC(CCCCN)C(N)=O. The minimum absolute atomic E-state index is 0.0899. The maximum Gasteiger partial charge on any atom is 0.224 e. The summed E-state index contributed by atoms with van der Waals surface area (Å²) in [4.78, 5) is 75.2. The van der Waals surface area contributed by atoms with Crippen molar-refractivity contribution in [3.63, 3.8) is 0 Å². The Bertz CT molecular complexity index is 870. The summed E-state index contributed by atoms with van der Waals surface area (Å²) in [6, 6.07) is -1.62. The average molecular weight is 612 g/mol. The van der Waals surface area contributed by atoms with E-state index in [0.717, 1.165) is 0 Å². The van der Waals surface area contributed by atoms with Crippen LogP contribution in [0.4, 0.5) is 0 Å². The van der Waals surface area contributed by atoms with Gasteiger partial charge in [-0.15, -0.1) is 0 Å². The number of ketones is 2. The largest absolute Gasteiger partial charge is 0.369 e. The van der Waals surface area contributed by atoms with Crippen molar-refractivity contribution in [2.75, 3.05) is 26.2 Å². The maximum absolute atomic E-state index is 13.6. The van der Waals surface area contributed by atoms with Crippen LogP contribution in [0.3, 0.4) is 0 Å². The Morgan fingerprint density at radius 3 is 1.47 bits per heavy atom. The summed E-state index contributed by atoms with van der Waals surface area (Å²) in [6.07, 6.45) is 6.47. The molecule has 0 aliphatic carbocycles. The van der Waals surface area contributed by atoms with Crippen molar-refractivity contribution < 1.29 is 28.8 Å². The number of carbonyl (C=O) groups is 6. The number of rotatable bonds is 27. The molecule has 4 atom stereocenters. The molecule has 0 radical (unpaired) electrons. The van der Waals surface area contributed by atoms with Crippen molar-refractivity contribution in [3.8, 4) is 0 Å². The van der Waals surface area contributed by atoms with Crippen LogP contribution in [0.25, 0.3) is 0 Å². The summed E-state index contributed by atoms with van der Waals surface area (Å²) in [5.41, 5.74) is 22.4. The zero-order valence-electron chi connectivity index (χ0n) is 26.3. The molecule has 0 aromatic heterocycles. The van der Waals surface area contributed by atoms with Gasteiger partial charge in [-0.05, 0) is 83.8 Å². The van der Waals surface area contributed by atoms with Crippen molar-refractivity contribution in [2.45, 2.75) is 116 Å². The van der Waals surface area contributed by atoms with E-state index in [-0.39, 0.29) is 36.2 Å². The fourth-order valence-corrected chi connectivity index (χ4v) is 4.90. The van der Waals surface area contributed by atoms with Crippen molar-refractivity contribution in [3.05, 3.63) is 0 Å². The van der Waals surface area contributed by atoms with E-state index in [4.69, 9.17) is 22.9 Å². The predicted octanol–water partition coefficient (Wildman–Crippen LogP) is 0.305. The molecule has 248 valence electrons. The standard InChI is InChI=1S/C30H57N7O6/c1-21(38)35-18-10-6-14-25(36-22(2)39)28(41)20-24(12-4-8-16-32)30(43)37-26(13-5-9-17-33)27(40)19-23(29(34)42)11-3-7-15-31/h23-26H,3-20,31-33H2,1-2H3,(H2,34,42)(H,35,38)(H,36,39)(H,37,43)/t23?,24?,25-,26-/m0/s1. The Morgan fingerprint density at radius 2 is 1.00 bits per heavy atom. The minimum Gasteiger partial charge on any atom is -0.369 e. The molecule has 2 unspecified atom stereocenters. The van der Waals surface area contributed by atoms with Gasteiger partial charge in [0.1, 0.15) is 0 Å². The first-order valence-corrected chi connectivity index (χ1v) is 15.7. The molecule has 11 N–H and O–H groups in total. The highest BCUT2D eigenvalue weighted by Gasteiger charge is 2.31. The molecule has 0 aliphatic rings. The smallest absolute Gasteiger partial charge is 0.224 e. The van der Waals surface area contributed by atoms with E-state index in [0.29, 0.717) is 103 Å². The minimum atomic E-state index is -0.845. The number of nitrogens with one attached hydrogen (secondary N) is 3. The third-order valence-electron chi connectivity index (χ3n) is 7.39. The highest BCUT2D eigenvalue weighted by Crippen LogP contribution is 2.20. The Morgan fingerprint density at radius 1 is 0.558 bits per heavy atom. The van der Waals surface area contributed by atoms with Crippen molar-refractivity contribution in [1.29, 1.82) is 0 Å². The van der Waals surface area contributed by atoms with Crippen LogP contribution in [0.15, 0.2) is 0 Å². The molecule has 0 aromatic rings. The highest BCUT2D eigenvalue weighted by molar-refractivity contribution is 5.95. The molecule has 0 rings (SSSR count). The zero-order chi connectivity index (χ0) is 32.6. The number of carbonyl (C=O) groups excluding carboxylic acids is 6. The topological polar surface area (TPSA) is 243 Å². The Kier molecular flexibility index (Phi) is 22.9. The van der Waals surface area contributed by atoms with Crippen molar-refractivity contribution in [2.24, 2.45) is 34.8 Å². The molecular weight excluding hydrogens is 554 g/mol. The van der Waals surface area contributed by atoms with Crippen molar-refractivity contribution >= 4 is 35.2 Å². The lowest BCUT2D eigenvalue weighted by molar-refractivity contribution is -0.134. The van der Waals surface area contributed by atoms with Gasteiger partial charge in [0, 0.05) is 45.1 Å². The molecule has 0 fully saturated rings. The van der Waals surface area contributed by atoms with Crippen LogP contribution >= 0.6 is 0 Å². The summed E-state index contributed by atoms with van der Waals surface area (Å²) in [5.74, 6) is -3.43. The van der Waals surface area contributed by atoms with Gasteiger partial charge >= 0.3 is 0 Å². The summed E-state index contributed by atoms with van der Waals surface area (Å²) in [7, 11) is 0. The van der Waals surface area contributed by atoms with Crippen LogP contribution in [0.2, 0.25) is 0 Å². The van der Waals surface area contributed by atoms with Crippen LogP contribution in [0.1, 0.15) is 104 Å². The van der Waals surface area contributed by atoms with Crippen LogP contribution in [-0.4, -0.2) is 73.5 Å². The third kappa shape index (κ3) is 19.8. The molecule has 13 heteroatoms. The number of amides is 4. The first-order valence-electron chi connectivity index (χ1n) is 15.7. The lowest BCUT2D eigenvalue weighted by atomic mass is 9.89. The first-order chi connectivity index (χ1) is 20.5. The number of nitrogens with two attached hydrogens (primary N) is 4. The summed E-state index contributed by atoms with van der Waals surface area (Å²) >= 11 is 0. The Hall–Kier alpha value is -2.90. The summed E-state index contributed by atoms with van der Waals surface area (Å²) < 4.78 is 0. The van der Waals surface area contributed by atoms with Gasteiger partial charge in [-0.2, -0.15) is 0 Å². The van der Waals surface area contributed by atoms with E-state index in [1.807, 2.05) is 0 Å². The van der Waals surface area contributed by atoms with E-state index < -0.39 is 35.7 Å². The van der Waals surface area contributed by atoms with Gasteiger partial charge in [0.15, 0.2) is 11.6 Å². The number of hydrogen-bond acceptors (Lipinski definition) is 9. The number of primary amides is 1.